The van der Waals surface area contributed by atoms with Crippen molar-refractivity contribution in [2.45, 2.75) is 445 Å². The van der Waals surface area contributed by atoms with Gasteiger partial charge in [-0.25, -0.2) is 9.13 Å². The number of phosphoric acid groups is 2. The van der Waals surface area contributed by atoms with Crippen molar-refractivity contribution in [3.05, 3.63) is 0 Å². The predicted molar refractivity (Wildman–Crippen MR) is 409 cm³/mol. The summed E-state index contributed by atoms with van der Waals surface area (Å²) in [5, 5.41) is 10.6. The summed E-state index contributed by atoms with van der Waals surface area (Å²) >= 11 is 0. The summed E-state index contributed by atoms with van der Waals surface area (Å²) in [6.07, 6.45) is 62.8. The Labute approximate surface area is 613 Å². The van der Waals surface area contributed by atoms with Crippen molar-refractivity contribution in [2.24, 2.45) is 11.8 Å². The fourth-order valence-corrected chi connectivity index (χ4v) is 14.1. The first kappa shape index (κ1) is 98.1. The van der Waals surface area contributed by atoms with Crippen LogP contribution in [0.3, 0.4) is 0 Å². The van der Waals surface area contributed by atoms with Crippen molar-refractivity contribution < 1.29 is 80.2 Å². The van der Waals surface area contributed by atoms with Crippen LogP contribution in [0.2, 0.25) is 0 Å². The Morgan fingerprint density at radius 2 is 0.510 bits per heavy atom. The van der Waals surface area contributed by atoms with Crippen LogP contribution in [0.25, 0.3) is 0 Å². The molecule has 594 valence electrons. The van der Waals surface area contributed by atoms with E-state index in [0.29, 0.717) is 31.6 Å². The number of hydrogen-bond acceptors (Lipinski definition) is 15. The minimum absolute atomic E-state index is 0.104. The van der Waals surface area contributed by atoms with E-state index >= 15 is 0 Å². The molecular formula is C81H158O17P2. The van der Waals surface area contributed by atoms with E-state index in [-0.39, 0.29) is 25.7 Å². The summed E-state index contributed by atoms with van der Waals surface area (Å²) in [4.78, 5) is 72.9. The van der Waals surface area contributed by atoms with Crippen LogP contribution in [0.1, 0.15) is 427 Å². The van der Waals surface area contributed by atoms with Crippen LogP contribution in [-0.2, 0) is 65.4 Å². The average molecular weight is 1470 g/mol. The molecule has 0 aliphatic carbocycles. The summed E-state index contributed by atoms with van der Waals surface area (Å²) in [6, 6.07) is 0. The number of aliphatic hydroxyl groups is 1. The molecule has 0 aromatic carbocycles. The monoisotopic (exact) mass is 1470 g/mol. The molecule has 3 unspecified atom stereocenters. The third-order valence-corrected chi connectivity index (χ3v) is 21.2. The molecule has 0 bridgehead atoms. The molecule has 0 saturated heterocycles. The fourth-order valence-electron chi connectivity index (χ4n) is 12.5. The minimum atomic E-state index is -4.96. The van der Waals surface area contributed by atoms with Gasteiger partial charge in [0.25, 0.3) is 0 Å². The third kappa shape index (κ3) is 73.0. The van der Waals surface area contributed by atoms with Gasteiger partial charge in [0.2, 0.25) is 0 Å². The van der Waals surface area contributed by atoms with Crippen molar-refractivity contribution in [2.75, 3.05) is 39.6 Å². The van der Waals surface area contributed by atoms with Gasteiger partial charge in [0, 0.05) is 25.7 Å². The van der Waals surface area contributed by atoms with Gasteiger partial charge in [-0.15, -0.1) is 0 Å². The van der Waals surface area contributed by atoms with E-state index in [1.54, 1.807) is 0 Å². The van der Waals surface area contributed by atoms with E-state index in [0.717, 1.165) is 102 Å². The summed E-state index contributed by atoms with van der Waals surface area (Å²) in [5.41, 5.74) is 0. The van der Waals surface area contributed by atoms with Gasteiger partial charge in [-0.1, -0.05) is 375 Å². The largest absolute Gasteiger partial charge is 0.472 e. The maximum absolute atomic E-state index is 13.1. The van der Waals surface area contributed by atoms with Gasteiger partial charge in [0.15, 0.2) is 12.2 Å². The van der Waals surface area contributed by atoms with Crippen LogP contribution in [0.15, 0.2) is 0 Å². The lowest BCUT2D eigenvalue weighted by molar-refractivity contribution is -0.161. The van der Waals surface area contributed by atoms with E-state index in [1.165, 1.54) is 238 Å². The van der Waals surface area contributed by atoms with E-state index in [4.69, 9.17) is 37.0 Å². The van der Waals surface area contributed by atoms with Gasteiger partial charge in [-0.05, 0) is 37.5 Å². The number of carbonyl (C=O) groups is 4. The number of phosphoric ester groups is 2. The van der Waals surface area contributed by atoms with Crippen molar-refractivity contribution in [1.82, 2.24) is 0 Å². The fraction of sp³-hybridized carbons (Fsp3) is 0.951. The highest BCUT2D eigenvalue weighted by molar-refractivity contribution is 7.47. The lowest BCUT2D eigenvalue weighted by Crippen LogP contribution is -2.30. The molecule has 0 amide bonds. The zero-order valence-electron chi connectivity index (χ0n) is 65.5. The Morgan fingerprint density at radius 1 is 0.290 bits per heavy atom. The van der Waals surface area contributed by atoms with Crippen molar-refractivity contribution in [1.29, 1.82) is 0 Å². The Hall–Kier alpha value is -1.94. The van der Waals surface area contributed by atoms with Crippen molar-refractivity contribution in [3.63, 3.8) is 0 Å². The van der Waals surface area contributed by atoms with E-state index < -0.39 is 97.5 Å². The maximum Gasteiger partial charge on any atom is 0.472 e. The number of aliphatic hydroxyl groups excluding tert-OH is 1. The summed E-state index contributed by atoms with van der Waals surface area (Å²) in [5.74, 6) is -0.665. The lowest BCUT2D eigenvalue weighted by atomic mass is 9.99. The molecule has 0 radical (unpaired) electrons. The number of unbranched alkanes of at least 4 members (excludes halogenated alkanes) is 49. The van der Waals surface area contributed by atoms with Gasteiger partial charge in [0.05, 0.1) is 26.4 Å². The van der Waals surface area contributed by atoms with Gasteiger partial charge >= 0.3 is 39.5 Å². The van der Waals surface area contributed by atoms with Crippen LogP contribution < -0.4 is 0 Å². The van der Waals surface area contributed by atoms with Gasteiger partial charge in [-0.2, -0.15) is 0 Å². The molecule has 0 aliphatic heterocycles. The van der Waals surface area contributed by atoms with Crippen molar-refractivity contribution in [3.8, 4) is 0 Å². The number of ether oxygens (including phenoxy) is 4. The Bertz CT molecular complexity index is 1930. The topological polar surface area (TPSA) is 237 Å². The van der Waals surface area contributed by atoms with E-state index in [1.807, 2.05) is 0 Å². The molecule has 19 heteroatoms. The normalized spacial score (nSPS) is 14.2. The molecule has 0 aromatic heterocycles. The third-order valence-electron chi connectivity index (χ3n) is 19.3. The van der Waals surface area contributed by atoms with Gasteiger partial charge < -0.3 is 33.8 Å². The smallest absolute Gasteiger partial charge is 0.462 e. The predicted octanol–water partition coefficient (Wildman–Crippen LogP) is 24.3. The van der Waals surface area contributed by atoms with Gasteiger partial charge in [-0.3, -0.25) is 37.3 Å². The second kappa shape index (κ2) is 72.6. The quantitative estimate of drug-likeness (QED) is 0.0222. The molecule has 3 N–H and O–H groups in total. The SMILES string of the molecule is CCCCCCCCCCCCCCCCCCCCCCC(=O)O[C@H](COC(=O)CCCCCCCCCCCCCCCCCCCCC)COP(=O)(O)OC[C@@H](O)COP(=O)(O)OC[C@@H](COC(=O)CCCCCCCCC(C)C)OC(=O)CCCCCCCCCCC(C)CC. The molecular weight excluding hydrogens is 1310 g/mol. The number of hydrogen-bond donors (Lipinski definition) is 3. The zero-order chi connectivity index (χ0) is 73.5. The first-order valence-corrected chi connectivity index (χ1v) is 45.0. The molecule has 0 aromatic rings. The molecule has 0 saturated carbocycles. The van der Waals surface area contributed by atoms with E-state index in [9.17, 15) is 43.2 Å². The second-order valence-electron chi connectivity index (χ2n) is 29.9. The van der Waals surface area contributed by atoms with Crippen molar-refractivity contribution >= 4 is 39.5 Å². The van der Waals surface area contributed by atoms with E-state index in [2.05, 4.69) is 41.5 Å². The molecule has 0 fully saturated rings. The standard InChI is InChI=1S/C81H158O17P2/c1-7-10-12-14-16-18-20-22-24-26-28-30-32-34-36-38-40-45-53-59-65-80(85)97-76(69-91-78(83)63-57-51-44-39-37-35-33-31-29-27-25-23-21-19-17-15-13-11-8-2)71-95-99(87,88)93-67-75(82)68-94-100(89,90)96-72-77(70-92-79(84)64-58-52-48-47-49-55-61-73(4)5)98-81(86)66-60-54-46-42-41-43-50-56-62-74(6)9-3/h73-77,82H,7-72H2,1-6H3,(H,87,88)(H,89,90)/t74?,75-,76-,77-/m1/s1. The van der Waals surface area contributed by atoms with Gasteiger partial charge in [0.1, 0.15) is 19.3 Å². The highest BCUT2D eigenvalue weighted by Gasteiger charge is 2.30. The zero-order valence-corrected chi connectivity index (χ0v) is 67.3. The average Bonchev–Trinajstić information content (AvgIpc) is 1.04. The Morgan fingerprint density at radius 3 is 0.760 bits per heavy atom. The maximum atomic E-state index is 13.1. The van der Waals surface area contributed by atoms with Crippen LogP contribution in [-0.4, -0.2) is 96.7 Å². The number of carbonyl (C=O) groups excluding carboxylic acids is 4. The summed E-state index contributed by atoms with van der Waals surface area (Å²) in [7, 11) is -9.92. The molecule has 0 heterocycles. The molecule has 17 nitrogen and oxygen atoms in total. The second-order valence-corrected chi connectivity index (χ2v) is 32.8. The van der Waals surface area contributed by atoms with Crippen LogP contribution in [0, 0.1) is 11.8 Å². The lowest BCUT2D eigenvalue weighted by Gasteiger charge is -2.21. The van der Waals surface area contributed by atoms with Crippen LogP contribution in [0.4, 0.5) is 0 Å². The molecule has 0 rings (SSSR count). The first-order chi connectivity index (χ1) is 48.4. The highest BCUT2D eigenvalue weighted by Crippen LogP contribution is 2.45. The Kier molecular flexibility index (Phi) is 71.2. The summed E-state index contributed by atoms with van der Waals surface area (Å²) < 4.78 is 68.6. The molecule has 100 heavy (non-hydrogen) atoms. The number of esters is 4. The van der Waals surface area contributed by atoms with Crippen LogP contribution >= 0.6 is 15.6 Å². The summed E-state index contributed by atoms with van der Waals surface area (Å²) in [6.45, 7) is 9.54. The minimum Gasteiger partial charge on any atom is -0.462 e. The molecule has 6 atom stereocenters. The highest BCUT2D eigenvalue weighted by atomic mass is 31.2. The number of rotatable bonds is 80. The van der Waals surface area contributed by atoms with Crippen LogP contribution in [0.5, 0.6) is 0 Å². The molecule has 0 spiro atoms. The molecule has 0 aliphatic rings. The first-order valence-electron chi connectivity index (χ1n) is 42.0. The Balaban J connectivity index is 5.20.